The summed E-state index contributed by atoms with van der Waals surface area (Å²) in [6, 6.07) is 16.3. The molecule has 0 unspecified atom stereocenters. The maximum atomic E-state index is 12.0. The van der Waals surface area contributed by atoms with Crippen molar-refractivity contribution in [2.75, 3.05) is 13.1 Å². The molecule has 1 aliphatic rings. The van der Waals surface area contributed by atoms with Crippen LogP contribution in [0, 0.1) is 0 Å². The number of hydrogen-bond donors (Lipinski definition) is 1. The lowest BCUT2D eigenvalue weighted by Crippen LogP contribution is -2.61. The second kappa shape index (κ2) is 6.45. The number of aliphatic hydroxyl groups is 1. The van der Waals surface area contributed by atoms with Crippen LogP contribution < -0.4 is 0 Å². The molecule has 1 heterocycles. The molecule has 1 aliphatic heterocycles. The van der Waals surface area contributed by atoms with Gasteiger partial charge >= 0.3 is 6.09 Å². The number of Topliss-reactive ketones (excluding diaryl/α,β-unsaturated/α-hetero) is 1. The SMILES string of the molecule is CC(=O)c1ccc(C2(O)CN(C(=O)OCc3ccccc3)C2)cc1. The predicted octanol–water partition coefficient (Wildman–Crippen LogP) is 2.73. The quantitative estimate of drug-likeness (QED) is 0.878. The molecule has 2 aromatic rings. The van der Waals surface area contributed by atoms with Gasteiger partial charge in [-0.15, -0.1) is 0 Å². The molecule has 0 aromatic heterocycles. The van der Waals surface area contributed by atoms with Crippen molar-refractivity contribution in [3.63, 3.8) is 0 Å². The van der Waals surface area contributed by atoms with E-state index < -0.39 is 11.7 Å². The van der Waals surface area contributed by atoms with Crippen molar-refractivity contribution in [3.05, 3.63) is 71.3 Å². The van der Waals surface area contributed by atoms with E-state index in [-0.39, 0.29) is 25.5 Å². The molecule has 2 aromatic carbocycles. The maximum Gasteiger partial charge on any atom is 0.410 e. The first-order valence-corrected chi connectivity index (χ1v) is 7.77. The summed E-state index contributed by atoms with van der Waals surface area (Å²) < 4.78 is 5.24. The van der Waals surface area contributed by atoms with Gasteiger partial charge in [0.15, 0.2) is 5.78 Å². The van der Waals surface area contributed by atoms with Crippen molar-refractivity contribution in [3.8, 4) is 0 Å². The number of carbonyl (C=O) groups is 2. The van der Waals surface area contributed by atoms with Gasteiger partial charge in [0.05, 0.1) is 13.1 Å². The average molecular weight is 325 g/mol. The lowest BCUT2D eigenvalue weighted by Gasteiger charge is -2.45. The Morgan fingerprint density at radius 3 is 2.29 bits per heavy atom. The summed E-state index contributed by atoms with van der Waals surface area (Å²) in [5.74, 6) is -0.0201. The van der Waals surface area contributed by atoms with Gasteiger partial charge in [-0.3, -0.25) is 4.79 Å². The van der Waals surface area contributed by atoms with Crippen molar-refractivity contribution in [2.24, 2.45) is 0 Å². The van der Waals surface area contributed by atoms with Crippen molar-refractivity contribution >= 4 is 11.9 Å². The molecular formula is C19H19NO4. The summed E-state index contributed by atoms with van der Waals surface area (Å²) in [6.45, 7) is 2.07. The van der Waals surface area contributed by atoms with Crippen LogP contribution in [0.5, 0.6) is 0 Å². The first-order chi connectivity index (χ1) is 11.5. The van der Waals surface area contributed by atoms with Crippen LogP contribution in [0.1, 0.15) is 28.4 Å². The van der Waals surface area contributed by atoms with Gasteiger partial charge in [0.2, 0.25) is 0 Å². The summed E-state index contributed by atoms with van der Waals surface area (Å²) in [7, 11) is 0. The van der Waals surface area contributed by atoms with Crippen molar-refractivity contribution < 1.29 is 19.4 Å². The van der Waals surface area contributed by atoms with Crippen LogP contribution in [0.4, 0.5) is 4.79 Å². The number of ether oxygens (including phenoxy) is 1. The van der Waals surface area contributed by atoms with E-state index in [1.54, 1.807) is 24.3 Å². The zero-order valence-corrected chi connectivity index (χ0v) is 13.4. The zero-order valence-electron chi connectivity index (χ0n) is 13.4. The molecule has 0 spiro atoms. The summed E-state index contributed by atoms with van der Waals surface area (Å²) in [5, 5.41) is 10.6. The topological polar surface area (TPSA) is 66.8 Å². The molecule has 3 rings (SSSR count). The molecule has 0 atom stereocenters. The van der Waals surface area contributed by atoms with E-state index in [2.05, 4.69) is 0 Å². The molecule has 1 saturated heterocycles. The Morgan fingerprint density at radius 1 is 1.08 bits per heavy atom. The first-order valence-electron chi connectivity index (χ1n) is 7.77. The number of rotatable bonds is 4. The second-order valence-corrected chi connectivity index (χ2v) is 6.06. The molecule has 0 saturated carbocycles. The fraction of sp³-hybridized carbons (Fsp3) is 0.263. The van der Waals surface area contributed by atoms with Crippen LogP contribution in [0.3, 0.4) is 0 Å². The van der Waals surface area contributed by atoms with E-state index in [0.717, 1.165) is 5.56 Å². The average Bonchev–Trinajstić information content (AvgIpc) is 2.58. The number of amides is 1. The third-order valence-electron chi connectivity index (χ3n) is 4.20. The van der Waals surface area contributed by atoms with E-state index >= 15 is 0 Å². The van der Waals surface area contributed by atoms with Gasteiger partial charge < -0.3 is 14.7 Å². The van der Waals surface area contributed by atoms with Gasteiger partial charge in [0.25, 0.3) is 0 Å². The van der Waals surface area contributed by atoms with Crippen LogP contribution in [0.25, 0.3) is 0 Å². The Balaban J connectivity index is 1.55. The van der Waals surface area contributed by atoms with Crippen molar-refractivity contribution in [2.45, 2.75) is 19.1 Å². The molecule has 0 aliphatic carbocycles. The minimum absolute atomic E-state index is 0.0201. The third kappa shape index (κ3) is 3.31. The van der Waals surface area contributed by atoms with Gasteiger partial charge in [0.1, 0.15) is 12.2 Å². The third-order valence-corrected chi connectivity index (χ3v) is 4.20. The standard InChI is InChI=1S/C19H19NO4/c1-14(21)16-7-9-17(10-8-16)19(23)12-20(13-19)18(22)24-11-15-5-3-2-4-6-15/h2-10,23H,11-13H2,1H3. The molecule has 124 valence electrons. The minimum atomic E-state index is -1.08. The molecule has 1 fully saturated rings. The second-order valence-electron chi connectivity index (χ2n) is 6.06. The summed E-state index contributed by atoms with van der Waals surface area (Å²) in [6.07, 6.45) is -0.441. The lowest BCUT2D eigenvalue weighted by molar-refractivity contribution is -0.0949. The van der Waals surface area contributed by atoms with Crippen LogP contribution >= 0.6 is 0 Å². The maximum absolute atomic E-state index is 12.0. The highest BCUT2D eigenvalue weighted by Gasteiger charge is 2.45. The number of nitrogens with zero attached hydrogens (tertiary/aromatic N) is 1. The van der Waals surface area contributed by atoms with E-state index in [0.29, 0.717) is 11.1 Å². The fourth-order valence-electron chi connectivity index (χ4n) is 2.72. The van der Waals surface area contributed by atoms with Gasteiger partial charge in [-0.2, -0.15) is 0 Å². The van der Waals surface area contributed by atoms with Crippen LogP contribution in [-0.4, -0.2) is 35.0 Å². The Labute approximate surface area is 140 Å². The summed E-state index contributed by atoms with van der Waals surface area (Å²) in [5.41, 5.74) is 1.13. The van der Waals surface area contributed by atoms with Crippen molar-refractivity contribution in [1.29, 1.82) is 0 Å². The smallest absolute Gasteiger partial charge is 0.410 e. The van der Waals surface area contributed by atoms with E-state index in [4.69, 9.17) is 4.74 Å². The molecular weight excluding hydrogens is 306 g/mol. The minimum Gasteiger partial charge on any atom is -0.445 e. The van der Waals surface area contributed by atoms with Gasteiger partial charge in [0, 0.05) is 5.56 Å². The van der Waals surface area contributed by atoms with E-state index in [1.165, 1.54) is 11.8 Å². The zero-order chi connectivity index (χ0) is 17.2. The molecule has 1 amide bonds. The van der Waals surface area contributed by atoms with Crippen LogP contribution in [0.2, 0.25) is 0 Å². The number of ketones is 1. The molecule has 0 bridgehead atoms. The first kappa shape index (κ1) is 16.2. The highest BCUT2D eigenvalue weighted by molar-refractivity contribution is 5.94. The van der Waals surface area contributed by atoms with Gasteiger partial charge in [-0.25, -0.2) is 4.79 Å². The highest BCUT2D eigenvalue weighted by atomic mass is 16.6. The number of hydrogen-bond acceptors (Lipinski definition) is 4. The molecule has 0 radical (unpaired) electrons. The van der Waals surface area contributed by atoms with E-state index in [9.17, 15) is 14.7 Å². The van der Waals surface area contributed by atoms with Gasteiger partial charge in [-0.05, 0) is 18.1 Å². The Morgan fingerprint density at radius 2 is 1.71 bits per heavy atom. The largest absolute Gasteiger partial charge is 0.445 e. The highest BCUT2D eigenvalue weighted by Crippen LogP contribution is 2.32. The predicted molar refractivity (Wildman–Crippen MR) is 88.5 cm³/mol. The Hall–Kier alpha value is -2.66. The Kier molecular flexibility index (Phi) is 4.36. The lowest BCUT2D eigenvalue weighted by atomic mass is 9.86. The summed E-state index contributed by atoms with van der Waals surface area (Å²) in [4.78, 5) is 24.8. The van der Waals surface area contributed by atoms with Crippen LogP contribution in [-0.2, 0) is 16.9 Å². The molecule has 5 nitrogen and oxygen atoms in total. The van der Waals surface area contributed by atoms with Crippen LogP contribution in [0.15, 0.2) is 54.6 Å². The monoisotopic (exact) mass is 325 g/mol. The number of β-amino-alcohol motifs (C(OH)–C–C–N with tert-alkyl or cyclic N) is 1. The number of carbonyl (C=O) groups excluding carboxylic acids is 2. The fourth-order valence-corrected chi connectivity index (χ4v) is 2.72. The normalized spacial score (nSPS) is 15.5. The Bertz CT molecular complexity index is 734. The number of benzene rings is 2. The number of likely N-dealkylation sites (tertiary alicyclic amines) is 1. The van der Waals surface area contributed by atoms with E-state index in [1.807, 2.05) is 30.3 Å². The molecule has 24 heavy (non-hydrogen) atoms. The molecule has 5 heteroatoms. The van der Waals surface area contributed by atoms with Crippen molar-refractivity contribution in [1.82, 2.24) is 4.90 Å². The summed E-state index contributed by atoms with van der Waals surface area (Å²) >= 11 is 0. The molecule has 1 N–H and O–H groups in total. The van der Waals surface area contributed by atoms with Gasteiger partial charge in [-0.1, -0.05) is 54.6 Å².